The Balaban J connectivity index is 2.03. The van der Waals surface area contributed by atoms with Crippen LogP contribution in [0.3, 0.4) is 0 Å². The molecule has 132 valence electrons. The van der Waals surface area contributed by atoms with Crippen molar-refractivity contribution in [1.82, 2.24) is 9.55 Å². The Bertz CT molecular complexity index is 687. The van der Waals surface area contributed by atoms with Crippen LogP contribution in [0.5, 0.6) is 0 Å². The van der Waals surface area contributed by atoms with E-state index in [0.717, 1.165) is 48.7 Å². The van der Waals surface area contributed by atoms with Gasteiger partial charge in [0.2, 0.25) is 0 Å². The van der Waals surface area contributed by atoms with E-state index < -0.39 is 5.60 Å². The number of methoxy groups -OCH3 is 1. The van der Waals surface area contributed by atoms with E-state index in [2.05, 4.69) is 48.9 Å². The zero-order chi connectivity index (χ0) is 17.2. The molecule has 0 radical (unpaired) electrons. The highest BCUT2D eigenvalue weighted by Gasteiger charge is 2.29. The van der Waals surface area contributed by atoms with Crippen LogP contribution in [0.2, 0.25) is 0 Å². The molecule has 1 atom stereocenters. The van der Waals surface area contributed by atoms with Gasteiger partial charge in [0.25, 0.3) is 0 Å². The minimum Gasteiger partial charge on any atom is -0.385 e. The highest BCUT2D eigenvalue weighted by Crippen LogP contribution is 2.30. The largest absolute Gasteiger partial charge is 0.385 e. The van der Waals surface area contributed by atoms with Gasteiger partial charge in [-0.3, -0.25) is 0 Å². The fraction of sp³-hybridized carbons (Fsp3) is 0.632. The summed E-state index contributed by atoms with van der Waals surface area (Å²) in [6, 6.07) is 6.39. The topological polar surface area (TPSA) is 48.3 Å². The molecule has 1 aliphatic rings. The molecule has 5 heteroatoms. The first-order valence-corrected chi connectivity index (χ1v) is 8.96. The SMILES string of the molecule is CCNc1ccc2c(c1)nc(C(C)(C)OC)n2CC1CCCCO1. The average Bonchev–Trinajstić information content (AvgIpc) is 2.95. The van der Waals surface area contributed by atoms with Crippen molar-refractivity contribution >= 4 is 16.7 Å². The summed E-state index contributed by atoms with van der Waals surface area (Å²) in [6.07, 6.45) is 3.78. The highest BCUT2D eigenvalue weighted by atomic mass is 16.5. The first kappa shape index (κ1) is 17.2. The van der Waals surface area contributed by atoms with E-state index in [1.54, 1.807) is 7.11 Å². The smallest absolute Gasteiger partial charge is 0.141 e. The third-order valence-electron chi connectivity index (χ3n) is 4.84. The molecule has 0 bridgehead atoms. The molecule has 1 aromatic heterocycles. The lowest BCUT2D eigenvalue weighted by atomic mass is 10.1. The van der Waals surface area contributed by atoms with Crippen molar-refractivity contribution in [3.63, 3.8) is 0 Å². The van der Waals surface area contributed by atoms with Crippen LogP contribution in [0.1, 0.15) is 45.9 Å². The Kier molecular flexibility index (Phi) is 5.11. The summed E-state index contributed by atoms with van der Waals surface area (Å²) in [6.45, 7) is 8.83. The molecule has 1 aliphatic heterocycles. The van der Waals surface area contributed by atoms with Crippen LogP contribution < -0.4 is 5.32 Å². The lowest BCUT2D eigenvalue weighted by Gasteiger charge is -2.28. The number of fused-ring (bicyclic) bond motifs is 1. The van der Waals surface area contributed by atoms with Crippen molar-refractivity contribution in [1.29, 1.82) is 0 Å². The van der Waals surface area contributed by atoms with Gasteiger partial charge in [-0.25, -0.2) is 4.98 Å². The summed E-state index contributed by atoms with van der Waals surface area (Å²) in [7, 11) is 1.74. The number of ether oxygens (including phenoxy) is 2. The van der Waals surface area contributed by atoms with Crippen molar-refractivity contribution in [3.8, 4) is 0 Å². The number of imidazole rings is 1. The first-order valence-electron chi connectivity index (χ1n) is 8.96. The fourth-order valence-electron chi connectivity index (χ4n) is 3.33. The van der Waals surface area contributed by atoms with E-state index in [4.69, 9.17) is 14.5 Å². The van der Waals surface area contributed by atoms with E-state index in [9.17, 15) is 0 Å². The van der Waals surface area contributed by atoms with Gasteiger partial charge in [0, 0.05) is 25.9 Å². The molecule has 24 heavy (non-hydrogen) atoms. The molecule has 5 nitrogen and oxygen atoms in total. The quantitative estimate of drug-likeness (QED) is 0.871. The summed E-state index contributed by atoms with van der Waals surface area (Å²) in [5, 5.41) is 3.36. The molecule has 0 spiro atoms. The van der Waals surface area contributed by atoms with E-state index in [0.29, 0.717) is 0 Å². The van der Waals surface area contributed by atoms with Gasteiger partial charge in [-0.05, 0) is 58.2 Å². The zero-order valence-electron chi connectivity index (χ0n) is 15.3. The molecule has 1 aromatic carbocycles. The Morgan fingerprint density at radius 1 is 1.38 bits per heavy atom. The van der Waals surface area contributed by atoms with Gasteiger partial charge in [-0.1, -0.05) is 0 Å². The zero-order valence-corrected chi connectivity index (χ0v) is 15.3. The predicted molar refractivity (Wildman–Crippen MR) is 97.5 cm³/mol. The van der Waals surface area contributed by atoms with Gasteiger partial charge in [-0.2, -0.15) is 0 Å². The van der Waals surface area contributed by atoms with Gasteiger partial charge < -0.3 is 19.4 Å². The maximum Gasteiger partial charge on any atom is 0.141 e. The summed E-state index contributed by atoms with van der Waals surface area (Å²) in [5.74, 6) is 0.961. The molecular weight excluding hydrogens is 302 g/mol. The molecule has 0 amide bonds. The van der Waals surface area contributed by atoms with Crippen LogP contribution in [0.15, 0.2) is 18.2 Å². The number of hydrogen-bond donors (Lipinski definition) is 1. The number of nitrogens with one attached hydrogen (secondary N) is 1. The monoisotopic (exact) mass is 331 g/mol. The Hall–Kier alpha value is -1.59. The predicted octanol–water partition coefficient (Wildman–Crippen LogP) is 3.92. The van der Waals surface area contributed by atoms with Gasteiger partial charge in [-0.15, -0.1) is 0 Å². The molecule has 3 rings (SSSR count). The highest BCUT2D eigenvalue weighted by molar-refractivity contribution is 5.80. The second kappa shape index (κ2) is 7.11. The van der Waals surface area contributed by atoms with Crippen LogP contribution >= 0.6 is 0 Å². The van der Waals surface area contributed by atoms with Crippen molar-refractivity contribution in [2.24, 2.45) is 0 Å². The van der Waals surface area contributed by atoms with Gasteiger partial charge >= 0.3 is 0 Å². The molecule has 0 aliphatic carbocycles. The minimum atomic E-state index is -0.438. The van der Waals surface area contributed by atoms with Crippen molar-refractivity contribution < 1.29 is 9.47 Å². The molecule has 1 fully saturated rings. The van der Waals surface area contributed by atoms with E-state index in [-0.39, 0.29) is 6.10 Å². The second-order valence-corrected chi connectivity index (χ2v) is 6.98. The van der Waals surface area contributed by atoms with Crippen LogP contribution in [-0.2, 0) is 21.6 Å². The molecular formula is C19H29N3O2. The number of hydrogen-bond acceptors (Lipinski definition) is 4. The molecule has 2 aromatic rings. The number of nitrogens with zero attached hydrogens (tertiary/aromatic N) is 2. The Morgan fingerprint density at radius 3 is 2.88 bits per heavy atom. The van der Waals surface area contributed by atoms with Gasteiger partial charge in [0.05, 0.1) is 23.7 Å². The van der Waals surface area contributed by atoms with Crippen LogP contribution in [-0.4, -0.2) is 35.9 Å². The van der Waals surface area contributed by atoms with Crippen LogP contribution in [0, 0.1) is 0 Å². The maximum atomic E-state index is 5.96. The maximum absolute atomic E-state index is 5.96. The van der Waals surface area contributed by atoms with Gasteiger partial charge in [0.1, 0.15) is 11.4 Å². The molecule has 1 saturated heterocycles. The summed E-state index contributed by atoms with van der Waals surface area (Å²) in [4.78, 5) is 4.91. The summed E-state index contributed by atoms with van der Waals surface area (Å²) < 4.78 is 14.0. The molecule has 0 saturated carbocycles. The number of benzene rings is 1. The third kappa shape index (κ3) is 3.42. The second-order valence-electron chi connectivity index (χ2n) is 6.98. The molecule has 2 heterocycles. The van der Waals surface area contributed by atoms with E-state index in [1.165, 1.54) is 12.8 Å². The minimum absolute atomic E-state index is 0.260. The van der Waals surface area contributed by atoms with Crippen molar-refractivity contribution in [2.45, 2.75) is 58.3 Å². The first-order chi connectivity index (χ1) is 11.5. The standard InChI is InChI=1S/C19H29N3O2/c1-5-20-14-9-10-17-16(12-14)21-18(19(2,3)23-4)22(17)13-15-8-6-7-11-24-15/h9-10,12,15,20H,5-8,11,13H2,1-4H3. The average molecular weight is 331 g/mol. The summed E-state index contributed by atoms with van der Waals surface area (Å²) in [5.41, 5.74) is 2.81. The lowest BCUT2D eigenvalue weighted by Crippen LogP contribution is -2.30. The van der Waals surface area contributed by atoms with E-state index in [1.807, 2.05) is 0 Å². The molecule has 1 unspecified atom stereocenters. The normalized spacial score (nSPS) is 18.9. The fourth-order valence-corrected chi connectivity index (χ4v) is 3.33. The number of anilines is 1. The van der Waals surface area contributed by atoms with Crippen LogP contribution in [0.25, 0.3) is 11.0 Å². The van der Waals surface area contributed by atoms with Crippen molar-refractivity contribution in [2.75, 3.05) is 25.6 Å². The van der Waals surface area contributed by atoms with Crippen LogP contribution in [0.4, 0.5) is 5.69 Å². The number of rotatable bonds is 6. The Labute approximate surface area is 144 Å². The lowest BCUT2D eigenvalue weighted by molar-refractivity contribution is -0.00755. The Morgan fingerprint density at radius 2 is 2.21 bits per heavy atom. The van der Waals surface area contributed by atoms with Gasteiger partial charge in [0.15, 0.2) is 0 Å². The third-order valence-corrected chi connectivity index (χ3v) is 4.84. The summed E-state index contributed by atoms with van der Waals surface area (Å²) >= 11 is 0. The van der Waals surface area contributed by atoms with Crippen molar-refractivity contribution in [3.05, 3.63) is 24.0 Å². The van der Waals surface area contributed by atoms with E-state index >= 15 is 0 Å². The number of aromatic nitrogens is 2. The molecule has 1 N–H and O–H groups in total.